The van der Waals surface area contributed by atoms with Crippen LogP contribution in [0.4, 0.5) is 5.69 Å². The van der Waals surface area contributed by atoms with Crippen molar-refractivity contribution in [3.05, 3.63) is 33.9 Å². The Morgan fingerprint density at radius 3 is 2.78 bits per heavy atom. The molecule has 0 spiro atoms. The molecule has 1 saturated heterocycles. The third kappa shape index (κ3) is 3.99. The summed E-state index contributed by atoms with van der Waals surface area (Å²) in [5.74, 6) is -0.729. The van der Waals surface area contributed by atoms with E-state index >= 15 is 0 Å². The van der Waals surface area contributed by atoms with Crippen LogP contribution in [0.15, 0.2) is 23.1 Å². The molecule has 1 aromatic rings. The van der Waals surface area contributed by atoms with Crippen LogP contribution in [0, 0.1) is 10.1 Å². The third-order valence-corrected chi connectivity index (χ3v) is 4.81. The second kappa shape index (κ2) is 7.42. The zero-order valence-electron chi connectivity index (χ0n) is 12.4. The first kappa shape index (κ1) is 17.2. The Bertz CT molecular complexity index is 637. The zero-order valence-corrected chi connectivity index (χ0v) is 13.3. The maximum absolute atomic E-state index is 12.2. The molecule has 0 radical (unpaired) electrons. The lowest BCUT2D eigenvalue weighted by atomic mass is 10.2. The van der Waals surface area contributed by atoms with Gasteiger partial charge in [0.1, 0.15) is 0 Å². The lowest BCUT2D eigenvalue weighted by Gasteiger charge is -2.23. The Morgan fingerprint density at radius 1 is 1.43 bits per heavy atom. The van der Waals surface area contributed by atoms with Crippen molar-refractivity contribution in [2.24, 2.45) is 11.5 Å². The fourth-order valence-corrected chi connectivity index (χ4v) is 3.46. The van der Waals surface area contributed by atoms with E-state index in [1.54, 1.807) is 4.90 Å². The molecule has 124 valence electrons. The van der Waals surface area contributed by atoms with Crippen LogP contribution < -0.4 is 11.5 Å². The Morgan fingerprint density at radius 2 is 2.17 bits per heavy atom. The van der Waals surface area contributed by atoms with Crippen molar-refractivity contribution >= 4 is 29.3 Å². The zero-order chi connectivity index (χ0) is 17.0. The second-order valence-corrected chi connectivity index (χ2v) is 6.23. The van der Waals surface area contributed by atoms with Crippen LogP contribution in [0.1, 0.15) is 23.2 Å². The van der Waals surface area contributed by atoms with E-state index in [1.807, 2.05) is 0 Å². The standard InChI is InChI=1S/C14H18N4O4S/c15-7-10-2-1-5-17(10)13(19)8-23-12-4-3-9(14(16)20)6-11(12)18(21)22/h3-4,6,10H,1-2,5,7-8,15H2,(H2,16,20). The predicted octanol–water partition coefficient (Wildman–Crippen LogP) is 0.735. The van der Waals surface area contributed by atoms with Crippen LogP contribution in [-0.2, 0) is 4.79 Å². The summed E-state index contributed by atoms with van der Waals surface area (Å²) in [6.45, 7) is 1.09. The summed E-state index contributed by atoms with van der Waals surface area (Å²) in [7, 11) is 0. The van der Waals surface area contributed by atoms with Gasteiger partial charge in [-0.25, -0.2) is 0 Å². The van der Waals surface area contributed by atoms with Gasteiger partial charge in [-0.1, -0.05) is 0 Å². The Balaban J connectivity index is 2.09. The highest BCUT2D eigenvalue weighted by atomic mass is 32.2. The first-order valence-electron chi connectivity index (χ1n) is 7.14. The molecule has 4 N–H and O–H groups in total. The molecule has 0 aliphatic carbocycles. The number of hydrogen-bond donors (Lipinski definition) is 2. The lowest BCUT2D eigenvalue weighted by molar-refractivity contribution is -0.387. The monoisotopic (exact) mass is 338 g/mol. The van der Waals surface area contributed by atoms with Crippen LogP contribution in [0.5, 0.6) is 0 Å². The number of carbonyl (C=O) groups is 2. The van der Waals surface area contributed by atoms with Crippen LogP contribution in [0.2, 0.25) is 0 Å². The quantitative estimate of drug-likeness (QED) is 0.446. The first-order valence-corrected chi connectivity index (χ1v) is 8.13. The van der Waals surface area contributed by atoms with Gasteiger partial charge in [-0.3, -0.25) is 19.7 Å². The summed E-state index contributed by atoms with van der Waals surface area (Å²) >= 11 is 1.08. The molecular formula is C14H18N4O4S. The van der Waals surface area contributed by atoms with E-state index in [0.29, 0.717) is 18.0 Å². The molecule has 0 aromatic heterocycles. The van der Waals surface area contributed by atoms with Crippen molar-refractivity contribution in [2.45, 2.75) is 23.8 Å². The van der Waals surface area contributed by atoms with Gasteiger partial charge in [0.15, 0.2) is 0 Å². The van der Waals surface area contributed by atoms with Crippen molar-refractivity contribution in [2.75, 3.05) is 18.8 Å². The number of nitro benzene ring substituents is 1. The topological polar surface area (TPSA) is 133 Å². The van der Waals surface area contributed by atoms with E-state index in [0.717, 1.165) is 30.7 Å². The molecule has 0 saturated carbocycles. The number of nitrogens with two attached hydrogens (primary N) is 2. The molecule has 1 aliphatic rings. The van der Waals surface area contributed by atoms with Crippen molar-refractivity contribution in [1.82, 2.24) is 4.90 Å². The fraction of sp³-hybridized carbons (Fsp3) is 0.429. The molecule has 2 amide bonds. The van der Waals surface area contributed by atoms with Crippen LogP contribution >= 0.6 is 11.8 Å². The summed E-state index contributed by atoms with van der Waals surface area (Å²) in [5.41, 5.74) is 10.6. The maximum Gasteiger partial charge on any atom is 0.283 e. The van der Waals surface area contributed by atoms with Gasteiger partial charge in [0.2, 0.25) is 11.8 Å². The van der Waals surface area contributed by atoms with Crippen LogP contribution in [0.25, 0.3) is 0 Å². The van der Waals surface area contributed by atoms with Gasteiger partial charge in [0.25, 0.3) is 5.69 Å². The van der Waals surface area contributed by atoms with Crippen LogP contribution in [0.3, 0.4) is 0 Å². The average Bonchev–Trinajstić information content (AvgIpc) is 3.00. The number of benzene rings is 1. The van der Waals surface area contributed by atoms with Gasteiger partial charge in [-0.05, 0) is 25.0 Å². The minimum Gasteiger partial charge on any atom is -0.366 e. The molecular weight excluding hydrogens is 320 g/mol. The molecule has 1 heterocycles. The number of primary amides is 1. The van der Waals surface area contributed by atoms with Crippen molar-refractivity contribution < 1.29 is 14.5 Å². The number of amides is 2. The minimum absolute atomic E-state index is 0.0512. The summed E-state index contributed by atoms with van der Waals surface area (Å²) in [4.78, 5) is 36.0. The minimum atomic E-state index is -0.733. The Kier molecular flexibility index (Phi) is 5.56. The number of thioether (sulfide) groups is 1. The van der Waals surface area contributed by atoms with E-state index in [2.05, 4.69) is 0 Å². The predicted molar refractivity (Wildman–Crippen MR) is 86.1 cm³/mol. The normalized spacial score (nSPS) is 17.3. The summed E-state index contributed by atoms with van der Waals surface area (Å²) in [5, 5.41) is 11.1. The molecule has 2 rings (SSSR count). The summed E-state index contributed by atoms with van der Waals surface area (Å²) < 4.78 is 0. The highest BCUT2D eigenvalue weighted by Crippen LogP contribution is 2.31. The largest absolute Gasteiger partial charge is 0.366 e. The first-order chi connectivity index (χ1) is 10.9. The number of rotatable bonds is 6. The molecule has 1 unspecified atom stereocenters. The van der Waals surface area contributed by atoms with Crippen molar-refractivity contribution in [1.29, 1.82) is 0 Å². The van der Waals surface area contributed by atoms with E-state index in [4.69, 9.17) is 11.5 Å². The molecule has 1 fully saturated rings. The van der Waals surface area contributed by atoms with E-state index in [9.17, 15) is 19.7 Å². The van der Waals surface area contributed by atoms with Gasteiger partial charge in [0.05, 0.1) is 15.6 Å². The van der Waals surface area contributed by atoms with Gasteiger partial charge in [-0.2, -0.15) is 0 Å². The molecule has 0 bridgehead atoms. The van der Waals surface area contributed by atoms with Gasteiger partial charge < -0.3 is 16.4 Å². The summed E-state index contributed by atoms with van der Waals surface area (Å²) in [6, 6.07) is 4.05. The van der Waals surface area contributed by atoms with Gasteiger partial charge in [0, 0.05) is 30.8 Å². The molecule has 1 atom stereocenters. The lowest BCUT2D eigenvalue weighted by Crippen LogP contribution is -2.40. The molecule has 1 aliphatic heterocycles. The smallest absolute Gasteiger partial charge is 0.283 e. The van der Waals surface area contributed by atoms with Crippen molar-refractivity contribution in [3.8, 4) is 0 Å². The average molecular weight is 338 g/mol. The van der Waals surface area contributed by atoms with E-state index in [-0.39, 0.29) is 29.0 Å². The second-order valence-electron chi connectivity index (χ2n) is 5.21. The van der Waals surface area contributed by atoms with E-state index in [1.165, 1.54) is 12.1 Å². The molecule has 9 heteroatoms. The Labute approximate surface area is 137 Å². The van der Waals surface area contributed by atoms with E-state index < -0.39 is 10.8 Å². The highest BCUT2D eigenvalue weighted by molar-refractivity contribution is 8.00. The molecule has 1 aromatic carbocycles. The van der Waals surface area contributed by atoms with Gasteiger partial charge in [-0.15, -0.1) is 11.8 Å². The van der Waals surface area contributed by atoms with Crippen LogP contribution in [-0.4, -0.2) is 46.5 Å². The molecule has 8 nitrogen and oxygen atoms in total. The third-order valence-electron chi connectivity index (χ3n) is 3.76. The SMILES string of the molecule is NCC1CCCN1C(=O)CSc1ccc(C(N)=O)cc1[N+](=O)[O-]. The number of likely N-dealkylation sites (tertiary alicyclic amines) is 1. The number of nitro groups is 1. The maximum atomic E-state index is 12.2. The van der Waals surface area contributed by atoms with Crippen molar-refractivity contribution in [3.63, 3.8) is 0 Å². The molecule has 23 heavy (non-hydrogen) atoms. The fourth-order valence-electron chi connectivity index (χ4n) is 2.57. The highest BCUT2D eigenvalue weighted by Gasteiger charge is 2.28. The Hall–Kier alpha value is -2.13. The number of nitrogens with zero attached hydrogens (tertiary/aromatic N) is 2. The number of carbonyl (C=O) groups excluding carboxylic acids is 2. The number of hydrogen-bond acceptors (Lipinski definition) is 6. The summed E-state index contributed by atoms with van der Waals surface area (Å²) in [6.07, 6.45) is 1.81. The van der Waals surface area contributed by atoms with Gasteiger partial charge >= 0.3 is 0 Å².